The van der Waals surface area contributed by atoms with Gasteiger partial charge in [-0.15, -0.1) is 11.3 Å². The van der Waals surface area contributed by atoms with Crippen molar-refractivity contribution >= 4 is 28.9 Å². The van der Waals surface area contributed by atoms with Gasteiger partial charge in [0.2, 0.25) is 0 Å². The van der Waals surface area contributed by atoms with Crippen molar-refractivity contribution in [1.82, 2.24) is 9.78 Å². The van der Waals surface area contributed by atoms with Crippen LogP contribution in [0.2, 0.25) is 0 Å². The Morgan fingerprint density at radius 2 is 1.74 bits per heavy atom. The van der Waals surface area contributed by atoms with E-state index in [9.17, 15) is 19.5 Å². The first-order valence-electron chi connectivity index (χ1n) is 11.3. The maximum atomic E-state index is 13.7. The third-order valence-corrected chi connectivity index (χ3v) is 7.78. The first-order valence-corrected chi connectivity index (χ1v) is 12.2. The number of Topliss-reactive ketones (excluding diaryl/α,β-unsaturated/α-hetero) is 1. The van der Waals surface area contributed by atoms with E-state index < -0.39 is 11.9 Å². The van der Waals surface area contributed by atoms with E-state index in [1.54, 1.807) is 29.5 Å². The van der Waals surface area contributed by atoms with Gasteiger partial charge in [-0.25, -0.2) is 9.48 Å². The normalized spacial score (nSPS) is 19.1. The van der Waals surface area contributed by atoms with Crippen molar-refractivity contribution in [2.24, 2.45) is 0 Å². The number of nitrogens with one attached hydrogen (secondary N) is 2. The summed E-state index contributed by atoms with van der Waals surface area (Å²) in [6.45, 7) is 0. The lowest BCUT2D eigenvalue weighted by atomic mass is 9.73. The molecule has 2 atom stereocenters. The number of carbonyl (C=O) groups is 2. The Labute approximate surface area is 204 Å². The molecule has 6 rings (SSSR count). The van der Waals surface area contributed by atoms with E-state index in [-0.39, 0.29) is 22.8 Å². The van der Waals surface area contributed by atoms with Crippen molar-refractivity contribution < 1.29 is 14.7 Å². The molecule has 3 heterocycles. The maximum absolute atomic E-state index is 13.7. The number of ketones is 1. The number of hydrogen-bond acceptors (Lipinski definition) is 5. The van der Waals surface area contributed by atoms with Crippen LogP contribution in [-0.2, 0) is 4.79 Å². The summed E-state index contributed by atoms with van der Waals surface area (Å²) < 4.78 is 1.44. The van der Waals surface area contributed by atoms with Crippen molar-refractivity contribution in [2.75, 3.05) is 5.32 Å². The highest BCUT2D eigenvalue weighted by Gasteiger charge is 2.42. The fraction of sp³-hybridized carbons (Fsp3) is 0.148. The molecule has 2 aliphatic rings. The average Bonchev–Trinajstić information content (AvgIpc) is 3.52. The van der Waals surface area contributed by atoms with Gasteiger partial charge in [0.25, 0.3) is 5.56 Å². The molecule has 1 aliphatic heterocycles. The van der Waals surface area contributed by atoms with Crippen LogP contribution in [0.3, 0.4) is 0 Å². The van der Waals surface area contributed by atoms with E-state index in [1.807, 2.05) is 47.8 Å². The Balaban J connectivity index is 1.57. The van der Waals surface area contributed by atoms with Gasteiger partial charge in [-0.1, -0.05) is 42.5 Å². The van der Waals surface area contributed by atoms with Crippen LogP contribution in [0.25, 0.3) is 5.69 Å². The van der Waals surface area contributed by atoms with Gasteiger partial charge in [-0.3, -0.25) is 14.7 Å². The van der Waals surface area contributed by atoms with Crippen LogP contribution in [0.5, 0.6) is 0 Å². The quantitative estimate of drug-likeness (QED) is 0.384. The van der Waals surface area contributed by atoms with Crippen molar-refractivity contribution in [3.63, 3.8) is 0 Å². The molecule has 8 heteroatoms. The molecule has 0 bridgehead atoms. The molecule has 0 saturated carbocycles. The van der Waals surface area contributed by atoms with Crippen molar-refractivity contribution in [1.29, 1.82) is 0 Å². The Morgan fingerprint density at radius 1 is 0.971 bits per heavy atom. The van der Waals surface area contributed by atoms with Crippen molar-refractivity contribution in [3.05, 3.63) is 115 Å². The number of aromatic amines is 1. The zero-order valence-corrected chi connectivity index (χ0v) is 19.3. The molecule has 35 heavy (non-hydrogen) atoms. The van der Waals surface area contributed by atoms with Crippen LogP contribution >= 0.6 is 11.3 Å². The van der Waals surface area contributed by atoms with E-state index in [0.717, 1.165) is 10.6 Å². The van der Waals surface area contributed by atoms with E-state index in [0.29, 0.717) is 41.0 Å². The number of aromatic nitrogens is 2. The first-order chi connectivity index (χ1) is 17.0. The number of aromatic carboxylic acids is 1. The summed E-state index contributed by atoms with van der Waals surface area (Å²) in [6.07, 6.45) is 0.921. The summed E-state index contributed by atoms with van der Waals surface area (Å²) in [7, 11) is 0. The average molecular weight is 484 g/mol. The Hall–Kier alpha value is -4.17. The second-order valence-electron chi connectivity index (χ2n) is 8.76. The van der Waals surface area contributed by atoms with E-state index in [4.69, 9.17) is 0 Å². The summed E-state index contributed by atoms with van der Waals surface area (Å²) in [5, 5.41) is 18.4. The number of thiophene rings is 1. The molecule has 2 aromatic carbocycles. The van der Waals surface area contributed by atoms with Gasteiger partial charge in [-0.2, -0.15) is 0 Å². The molecular weight excluding hydrogens is 462 g/mol. The summed E-state index contributed by atoms with van der Waals surface area (Å²) in [4.78, 5) is 40.6. The minimum atomic E-state index is -1.10. The predicted molar refractivity (Wildman–Crippen MR) is 134 cm³/mol. The number of anilines is 1. The van der Waals surface area contributed by atoms with Crippen molar-refractivity contribution in [3.8, 4) is 5.69 Å². The molecule has 0 unspecified atom stereocenters. The number of para-hydroxylation sites is 1. The van der Waals surface area contributed by atoms with E-state index in [2.05, 4.69) is 10.4 Å². The Kier molecular flexibility index (Phi) is 5.04. The SMILES string of the molecule is O=C1C[C@@H](c2cccs2)CC2=C1[C@H](c1ccccc1C(=O)O)c1c([nH]n(-c3ccccc3)c1=O)N2. The third-order valence-electron chi connectivity index (χ3n) is 6.75. The molecule has 1 aliphatic carbocycles. The van der Waals surface area contributed by atoms with Gasteiger partial charge >= 0.3 is 5.97 Å². The molecule has 3 N–H and O–H groups in total. The molecule has 0 saturated heterocycles. The number of rotatable bonds is 4. The number of hydrogen-bond donors (Lipinski definition) is 3. The molecule has 0 fully saturated rings. The molecule has 0 spiro atoms. The van der Waals surface area contributed by atoms with E-state index in [1.165, 1.54) is 10.7 Å². The van der Waals surface area contributed by atoms with Crippen LogP contribution in [0.15, 0.2) is 88.2 Å². The zero-order valence-electron chi connectivity index (χ0n) is 18.5. The minimum Gasteiger partial charge on any atom is -0.478 e. The summed E-state index contributed by atoms with van der Waals surface area (Å²) in [6, 6.07) is 19.8. The van der Waals surface area contributed by atoms with Crippen LogP contribution in [0, 0.1) is 0 Å². The van der Waals surface area contributed by atoms with Gasteiger partial charge in [-0.05, 0) is 41.6 Å². The monoisotopic (exact) mass is 483 g/mol. The summed E-state index contributed by atoms with van der Waals surface area (Å²) in [5.41, 5.74) is 2.42. The Bertz CT molecular complexity index is 1550. The van der Waals surface area contributed by atoms with Crippen LogP contribution < -0.4 is 10.9 Å². The number of carboxylic acids is 1. The lowest BCUT2D eigenvalue weighted by Gasteiger charge is -2.34. The molecule has 0 radical (unpaired) electrons. The van der Waals surface area contributed by atoms with Gasteiger partial charge in [0, 0.05) is 34.4 Å². The zero-order chi connectivity index (χ0) is 24.1. The van der Waals surface area contributed by atoms with Crippen LogP contribution in [0.4, 0.5) is 5.82 Å². The molecule has 7 nitrogen and oxygen atoms in total. The van der Waals surface area contributed by atoms with Gasteiger partial charge in [0.15, 0.2) is 5.78 Å². The molecule has 4 aromatic rings. The number of carbonyl (C=O) groups excluding carboxylic acids is 1. The highest BCUT2D eigenvalue weighted by molar-refractivity contribution is 7.10. The largest absolute Gasteiger partial charge is 0.478 e. The topological polar surface area (TPSA) is 104 Å². The standard InChI is InChI=1S/C27H21N3O4S/c31-20-14-15(21-11-6-12-35-21)13-19-23(20)22(17-9-4-5-10-18(17)27(33)34)24-25(28-19)29-30(26(24)32)16-7-2-1-3-8-16/h1-12,15,22,28-29H,13-14H2,(H,33,34)/t15-,22-/m0/s1. The number of benzene rings is 2. The highest BCUT2D eigenvalue weighted by atomic mass is 32.1. The fourth-order valence-electron chi connectivity index (χ4n) is 5.23. The smallest absolute Gasteiger partial charge is 0.335 e. The number of carboxylic acid groups (broad SMARTS) is 1. The number of nitrogens with zero attached hydrogens (tertiary/aromatic N) is 1. The molecule has 0 amide bonds. The Morgan fingerprint density at radius 3 is 2.49 bits per heavy atom. The number of fused-ring (bicyclic) bond motifs is 1. The molecule has 2 aromatic heterocycles. The minimum absolute atomic E-state index is 0.0357. The van der Waals surface area contributed by atoms with Gasteiger partial charge < -0.3 is 10.4 Å². The lowest BCUT2D eigenvalue weighted by Crippen LogP contribution is -2.32. The van der Waals surface area contributed by atoms with Gasteiger partial charge in [0.05, 0.1) is 16.8 Å². The van der Waals surface area contributed by atoms with Crippen molar-refractivity contribution in [2.45, 2.75) is 24.7 Å². The second kappa shape index (κ2) is 8.25. The third kappa shape index (κ3) is 3.45. The van der Waals surface area contributed by atoms with Crippen LogP contribution in [0.1, 0.15) is 51.0 Å². The fourth-order valence-corrected chi connectivity index (χ4v) is 6.06. The summed E-state index contributed by atoms with van der Waals surface area (Å²) in [5.74, 6) is -1.42. The first kappa shape index (κ1) is 21.4. The van der Waals surface area contributed by atoms with Gasteiger partial charge in [0.1, 0.15) is 5.82 Å². The second-order valence-corrected chi connectivity index (χ2v) is 9.74. The highest BCUT2D eigenvalue weighted by Crippen LogP contribution is 2.47. The number of allylic oxidation sites excluding steroid dienone is 2. The maximum Gasteiger partial charge on any atom is 0.335 e. The number of H-pyrrole nitrogens is 1. The summed E-state index contributed by atoms with van der Waals surface area (Å²) >= 11 is 1.62. The van der Waals surface area contributed by atoms with Crippen LogP contribution in [-0.4, -0.2) is 26.6 Å². The lowest BCUT2D eigenvalue weighted by molar-refractivity contribution is -0.116. The molecule has 174 valence electrons. The van der Waals surface area contributed by atoms with E-state index >= 15 is 0 Å². The predicted octanol–water partition coefficient (Wildman–Crippen LogP) is 4.88. The molecular formula is C27H21N3O4S.